The van der Waals surface area contributed by atoms with Gasteiger partial charge in [-0.1, -0.05) is 13.0 Å². The molecular weight excluding hydrogens is 240 g/mol. The molecule has 19 heavy (non-hydrogen) atoms. The topological polar surface area (TPSA) is 47.3 Å². The predicted octanol–water partition coefficient (Wildman–Crippen LogP) is 2.89. The molecule has 2 aromatic heterocycles. The van der Waals surface area contributed by atoms with E-state index < -0.39 is 0 Å². The van der Waals surface area contributed by atoms with Crippen LogP contribution in [0.15, 0.2) is 41.1 Å². The third-order valence-corrected chi connectivity index (χ3v) is 2.72. The molecule has 2 heterocycles. The zero-order valence-corrected chi connectivity index (χ0v) is 11.3. The maximum absolute atomic E-state index is 5.53. The summed E-state index contributed by atoms with van der Waals surface area (Å²) in [6.07, 6.45) is 4.69. The first kappa shape index (κ1) is 13.8. The molecule has 0 aliphatic heterocycles. The zero-order chi connectivity index (χ0) is 13.3. The minimum Gasteiger partial charge on any atom is -0.467 e. The summed E-state index contributed by atoms with van der Waals surface area (Å²) in [6.45, 7) is 5.05. The molecule has 2 aromatic rings. The fourth-order valence-electron chi connectivity index (χ4n) is 1.71. The van der Waals surface area contributed by atoms with Crippen molar-refractivity contribution >= 4 is 0 Å². The molecule has 0 atom stereocenters. The molecule has 4 nitrogen and oxygen atoms in total. The number of hydrogen-bond acceptors (Lipinski definition) is 4. The van der Waals surface area contributed by atoms with Crippen molar-refractivity contribution in [3.05, 3.63) is 53.7 Å². The van der Waals surface area contributed by atoms with Crippen LogP contribution in [0.5, 0.6) is 0 Å². The van der Waals surface area contributed by atoms with E-state index in [1.165, 1.54) is 5.56 Å². The third kappa shape index (κ3) is 4.85. The Bertz CT molecular complexity index is 452. The highest BCUT2D eigenvalue weighted by molar-refractivity contribution is 5.13. The van der Waals surface area contributed by atoms with Crippen LogP contribution in [-0.2, 0) is 24.5 Å². The van der Waals surface area contributed by atoms with E-state index in [4.69, 9.17) is 9.15 Å². The molecule has 0 bridgehead atoms. The van der Waals surface area contributed by atoms with Crippen molar-refractivity contribution in [1.29, 1.82) is 0 Å². The summed E-state index contributed by atoms with van der Waals surface area (Å²) in [7, 11) is 0. The Kier molecular flexibility index (Phi) is 5.59. The molecule has 0 radical (unpaired) electrons. The number of nitrogens with zero attached hydrogens (tertiary/aromatic N) is 1. The van der Waals surface area contributed by atoms with E-state index in [0.717, 1.165) is 31.0 Å². The van der Waals surface area contributed by atoms with Crippen LogP contribution < -0.4 is 5.32 Å². The molecule has 2 rings (SSSR count). The lowest BCUT2D eigenvalue weighted by Crippen LogP contribution is -2.14. The summed E-state index contributed by atoms with van der Waals surface area (Å²) in [5.41, 5.74) is 2.13. The molecule has 0 aromatic carbocycles. The van der Waals surface area contributed by atoms with Gasteiger partial charge in [-0.2, -0.15) is 0 Å². The van der Waals surface area contributed by atoms with Crippen molar-refractivity contribution < 1.29 is 9.15 Å². The summed E-state index contributed by atoms with van der Waals surface area (Å²) in [5, 5.41) is 3.35. The van der Waals surface area contributed by atoms with Crippen molar-refractivity contribution in [2.75, 3.05) is 6.54 Å². The maximum atomic E-state index is 5.53. The number of furan rings is 1. The minimum absolute atomic E-state index is 0.481. The second kappa shape index (κ2) is 7.71. The number of pyridine rings is 1. The molecule has 0 aliphatic carbocycles. The highest BCUT2D eigenvalue weighted by atomic mass is 16.5. The highest BCUT2D eigenvalue weighted by Gasteiger charge is 1.99. The van der Waals surface area contributed by atoms with Crippen molar-refractivity contribution in [3.8, 4) is 0 Å². The molecule has 0 saturated heterocycles. The number of ether oxygens (including phenoxy) is 1. The van der Waals surface area contributed by atoms with Crippen LogP contribution in [0.25, 0.3) is 0 Å². The van der Waals surface area contributed by atoms with Crippen LogP contribution in [0.1, 0.15) is 30.4 Å². The van der Waals surface area contributed by atoms with Gasteiger partial charge in [0.1, 0.15) is 12.4 Å². The lowest BCUT2D eigenvalue weighted by molar-refractivity contribution is 0.0906. The van der Waals surface area contributed by atoms with Crippen LogP contribution in [0, 0.1) is 0 Å². The summed E-state index contributed by atoms with van der Waals surface area (Å²) < 4.78 is 10.7. The van der Waals surface area contributed by atoms with Crippen molar-refractivity contribution in [2.24, 2.45) is 0 Å². The van der Waals surface area contributed by atoms with E-state index in [1.54, 1.807) is 6.26 Å². The van der Waals surface area contributed by atoms with Crippen LogP contribution in [0.3, 0.4) is 0 Å². The van der Waals surface area contributed by atoms with Crippen LogP contribution in [-0.4, -0.2) is 11.5 Å². The Morgan fingerprint density at radius 1 is 1.26 bits per heavy atom. The standard InChI is InChI=1S/C15H20N2O2/c1-2-7-16-9-13-5-6-14(17-10-13)11-18-12-15-4-3-8-19-15/h3-6,8,10,16H,2,7,9,11-12H2,1H3. The molecule has 0 unspecified atom stereocenters. The molecule has 4 heteroatoms. The summed E-state index contributed by atoms with van der Waals surface area (Å²) in [6, 6.07) is 7.84. The number of rotatable bonds is 8. The van der Waals surface area contributed by atoms with Gasteiger partial charge in [-0.3, -0.25) is 4.98 Å². The molecule has 0 amide bonds. The van der Waals surface area contributed by atoms with Gasteiger partial charge in [0.2, 0.25) is 0 Å². The summed E-state index contributed by atoms with van der Waals surface area (Å²) in [4.78, 5) is 4.38. The lowest BCUT2D eigenvalue weighted by Gasteiger charge is -2.05. The molecule has 0 fully saturated rings. The Morgan fingerprint density at radius 3 is 2.89 bits per heavy atom. The molecule has 102 valence electrons. The molecular formula is C15H20N2O2. The van der Waals surface area contributed by atoms with E-state index in [-0.39, 0.29) is 0 Å². The second-order valence-corrected chi connectivity index (χ2v) is 4.41. The Balaban J connectivity index is 1.72. The molecule has 1 N–H and O–H groups in total. The summed E-state index contributed by atoms with van der Waals surface area (Å²) in [5.74, 6) is 0.834. The van der Waals surface area contributed by atoms with E-state index in [9.17, 15) is 0 Å². The highest BCUT2D eigenvalue weighted by Crippen LogP contribution is 2.06. The van der Waals surface area contributed by atoms with E-state index in [2.05, 4.69) is 23.3 Å². The monoisotopic (exact) mass is 260 g/mol. The molecule has 0 saturated carbocycles. The maximum Gasteiger partial charge on any atom is 0.129 e. The van der Waals surface area contributed by atoms with Gasteiger partial charge in [0, 0.05) is 12.7 Å². The quantitative estimate of drug-likeness (QED) is 0.741. The normalized spacial score (nSPS) is 10.8. The Labute approximate surface area is 113 Å². The average Bonchev–Trinajstić information content (AvgIpc) is 2.94. The van der Waals surface area contributed by atoms with Gasteiger partial charge in [0.25, 0.3) is 0 Å². The van der Waals surface area contributed by atoms with Crippen LogP contribution >= 0.6 is 0 Å². The van der Waals surface area contributed by atoms with Crippen molar-refractivity contribution in [1.82, 2.24) is 10.3 Å². The Hall–Kier alpha value is -1.65. The minimum atomic E-state index is 0.481. The first-order chi connectivity index (χ1) is 9.38. The molecule has 0 aliphatic rings. The van der Waals surface area contributed by atoms with E-state index >= 15 is 0 Å². The second-order valence-electron chi connectivity index (χ2n) is 4.41. The average molecular weight is 260 g/mol. The Morgan fingerprint density at radius 2 is 2.21 bits per heavy atom. The fraction of sp³-hybridized carbons (Fsp3) is 0.400. The van der Waals surface area contributed by atoms with Gasteiger partial charge in [0.15, 0.2) is 0 Å². The fourth-order valence-corrected chi connectivity index (χ4v) is 1.71. The number of hydrogen-bond donors (Lipinski definition) is 1. The van der Waals surface area contributed by atoms with Crippen molar-refractivity contribution in [2.45, 2.75) is 33.1 Å². The van der Waals surface area contributed by atoms with Gasteiger partial charge < -0.3 is 14.5 Å². The smallest absolute Gasteiger partial charge is 0.129 e. The van der Waals surface area contributed by atoms with Crippen molar-refractivity contribution in [3.63, 3.8) is 0 Å². The molecule has 0 spiro atoms. The van der Waals surface area contributed by atoms with Gasteiger partial charge in [0.05, 0.1) is 18.6 Å². The zero-order valence-electron chi connectivity index (χ0n) is 11.3. The largest absolute Gasteiger partial charge is 0.467 e. The van der Waals surface area contributed by atoms with Gasteiger partial charge >= 0.3 is 0 Å². The summed E-state index contributed by atoms with van der Waals surface area (Å²) >= 11 is 0. The third-order valence-electron chi connectivity index (χ3n) is 2.72. The predicted molar refractivity (Wildman–Crippen MR) is 73.4 cm³/mol. The first-order valence-corrected chi connectivity index (χ1v) is 6.63. The SMILES string of the molecule is CCCNCc1ccc(COCc2ccco2)nc1. The van der Waals surface area contributed by atoms with Gasteiger partial charge in [-0.05, 0) is 36.7 Å². The number of nitrogens with one attached hydrogen (secondary N) is 1. The van der Waals surface area contributed by atoms with E-state index in [1.807, 2.05) is 24.4 Å². The van der Waals surface area contributed by atoms with Crippen LogP contribution in [0.2, 0.25) is 0 Å². The van der Waals surface area contributed by atoms with Gasteiger partial charge in [-0.15, -0.1) is 0 Å². The van der Waals surface area contributed by atoms with Crippen LogP contribution in [0.4, 0.5) is 0 Å². The number of aromatic nitrogens is 1. The van der Waals surface area contributed by atoms with Gasteiger partial charge in [-0.25, -0.2) is 0 Å². The lowest BCUT2D eigenvalue weighted by atomic mass is 10.2. The first-order valence-electron chi connectivity index (χ1n) is 6.63. The van der Waals surface area contributed by atoms with E-state index in [0.29, 0.717) is 13.2 Å².